The van der Waals surface area contributed by atoms with E-state index in [2.05, 4.69) is 39.3 Å². The molecule has 0 atom stereocenters. The van der Waals surface area contributed by atoms with Crippen molar-refractivity contribution >= 4 is 29.2 Å². The van der Waals surface area contributed by atoms with Gasteiger partial charge in [-0.2, -0.15) is 0 Å². The zero-order valence-electron chi connectivity index (χ0n) is 17.6. The van der Waals surface area contributed by atoms with Gasteiger partial charge in [0.25, 0.3) is 0 Å². The minimum atomic E-state index is 0.128. The molecule has 0 spiro atoms. The van der Waals surface area contributed by atoms with Crippen LogP contribution >= 0.6 is 0 Å². The molecule has 0 radical (unpaired) electrons. The van der Waals surface area contributed by atoms with Crippen LogP contribution in [0.1, 0.15) is 24.1 Å². The molecular weight excluding hydrogens is 386 g/mol. The quantitative estimate of drug-likeness (QED) is 0.312. The van der Waals surface area contributed by atoms with Crippen LogP contribution in [0.5, 0.6) is 0 Å². The number of aliphatic hydroxyl groups is 1. The molecule has 0 aliphatic heterocycles. The van der Waals surface area contributed by atoms with Crippen LogP contribution in [0.3, 0.4) is 0 Å². The lowest BCUT2D eigenvalue weighted by Crippen LogP contribution is -2.07. The maximum absolute atomic E-state index is 8.85. The summed E-state index contributed by atoms with van der Waals surface area (Å²) in [5.41, 5.74) is 5.61. The van der Waals surface area contributed by atoms with Crippen molar-refractivity contribution < 1.29 is 5.11 Å². The van der Waals surface area contributed by atoms with E-state index in [0.29, 0.717) is 18.5 Å². The highest BCUT2D eigenvalue weighted by atomic mass is 16.2. The summed E-state index contributed by atoms with van der Waals surface area (Å²) in [6.45, 7) is 3.96. The average molecular weight is 414 g/mol. The van der Waals surface area contributed by atoms with Gasteiger partial charge in [0, 0.05) is 31.2 Å². The van der Waals surface area contributed by atoms with Crippen molar-refractivity contribution in [3.63, 3.8) is 0 Å². The highest BCUT2D eigenvalue weighted by molar-refractivity contribution is 5.70. The van der Waals surface area contributed by atoms with Crippen LogP contribution in [-0.2, 0) is 0 Å². The lowest BCUT2D eigenvalue weighted by atomic mass is 10.1. The van der Waals surface area contributed by atoms with Crippen molar-refractivity contribution in [1.82, 2.24) is 4.98 Å². The fourth-order valence-corrected chi connectivity index (χ4v) is 2.78. The van der Waals surface area contributed by atoms with Gasteiger partial charge in [-0.15, -0.1) is 5.11 Å². The Hall–Kier alpha value is -3.77. The standard InChI is InChI=1S/C25H27N5O/c1-20(6-5-19-31)28-29-30(2)25-16-14-24(15-17-25)27-23-12-9-21(10-13-23)8-11-22-7-3-4-18-26-22/h3-4,7-18,27,31H,1,5-6,19H2,2H3/b11-8+,29-28-. The highest BCUT2D eigenvalue weighted by Crippen LogP contribution is 2.22. The number of hydrogen-bond donors (Lipinski definition) is 2. The Labute approximate surface area is 183 Å². The first kappa shape index (κ1) is 21.9. The maximum atomic E-state index is 8.85. The van der Waals surface area contributed by atoms with E-state index < -0.39 is 0 Å². The van der Waals surface area contributed by atoms with Gasteiger partial charge >= 0.3 is 0 Å². The summed E-state index contributed by atoms with van der Waals surface area (Å²) in [5.74, 6) is 0. The number of benzene rings is 2. The number of anilines is 3. The molecule has 0 unspecified atom stereocenters. The number of rotatable bonds is 10. The molecule has 0 aliphatic rings. The molecule has 2 aromatic carbocycles. The first-order valence-corrected chi connectivity index (χ1v) is 10.1. The molecule has 6 heteroatoms. The normalized spacial score (nSPS) is 11.2. The smallest absolute Gasteiger partial charge is 0.0629 e. The Morgan fingerprint density at radius 2 is 1.74 bits per heavy atom. The number of allylic oxidation sites excluding steroid dienone is 1. The second-order valence-corrected chi connectivity index (χ2v) is 6.99. The average Bonchev–Trinajstić information content (AvgIpc) is 2.82. The molecule has 0 bridgehead atoms. The third-order valence-corrected chi connectivity index (χ3v) is 4.52. The van der Waals surface area contributed by atoms with Gasteiger partial charge in [0.15, 0.2) is 0 Å². The molecule has 1 heterocycles. The van der Waals surface area contributed by atoms with Gasteiger partial charge in [-0.25, -0.2) is 0 Å². The Morgan fingerprint density at radius 3 is 2.39 bits per heavy atom. The van der Waals surface area contributed by atoms with Gasteiger partial charge in [-0.1, -0.05) is 36.1 Å². The zero-order chi connectivity index (χ0) is 21.9. The summed E-state index contributed by atoms with van der Waals surface area (Å²) in [6, 6.07) is 22.0. The number of hydrogen-bond acceptors (Lipinski definition) is 5. The van der Waals surface area contributed by atoms with E-state index >= 15 is 0 Å². The number of aromatic nitrogens is 1. The molecule has 1 aromatic heterocycles. The molecule has 0 saturated heterocycles. The second kappa shape index (κ2) is 11.4. The number of pyridine rings is 1. The van der Waals surface area contributed by atoms with Crippen molar-refractivity contribution in [2.24, 2.45) is 10.3 Å². The summed E-state index contributed by atoms with van der Waals surface area (Å²) in [7, 11) is 1.84. The number of nitrogens with one attached hydrogen (secondary N) is 1. The summed E-state index contributed by atoms with van der Waals surface area (Å²) in [4.78, 5) is 4.29. The van der Waals surface area contributed by atoms with Crippen LogP contribution in [0.2, 0.25) is 0 Å². The maximum Gasteiger partial charge on any atom is 0.0629 e. The molecule has 6 nitrogen and oxygen atoms in total. The Kier molecular flexibility index (Phi) is 8.08. The van der Waals surface area contributed by atoms with Crippen LogP contribution in [0.4, 0.5) is 17.1 Å². The van der Waals surface area contributed by atoms with Crippen molar-refractivity contribution in [3.8, 4) is 0 Å². The molecule has 3 rings (SSSR count). The molecule has 2 N–H and O–H groups in total. The van der Waals surface area contributed by atoms with E-state index in [1.54, 1.807) is 11.2 Å². The third kappa shape index (κ3) is 7.21. The van der Waals surface area contributed by atoms with Gasteiger partial charge in [-0.05, 0) is 73.0 Å². The monoisotopic (exact) mass is 413 g/mol. The summed E-state index contributed by atoms with van der Waals surface area (Å²) < 4.78 is 0. The minimum Gasteiger partial charge on any atom is -0.396 e. The predicted octanol–water partition coefficient (Wildman–Crippen LogP) is 6.09. The Morgan fingerprint density at radius 1 is 1.03 bits per heavy atom. The van der Waals surface area contributed by atoms with Crippen molar-refractivity contribution in [1.29, 1.82) is 0 Å². The van der Waals surface area contributed by atoms with Crippen LogP contribution < -0.4 is 10.3 Å². The fraction of sp³-hybridized carbons (Fsp3) is 0.160. The Bertz CT molecular complexity index is 1010. The van der Waals surface area contributed by atoms with Gasteiger partial charge in [0.2, 0.25) is 0 Å². The number of nitrogens with zero attached hydrogens (tertiary/aromatic N) is 4. The summed E-state index contributed by atoms with van der Waals surface area (Å²) >= 11 is 0. The van der Waals surface area contributed by atoms with Crippen LogP contribution in [0, 0.1) is 0 Å². The lowest BCUT2D eigenvalue weighted by Gasteiger charge is -2.13. The third-order valence-electron chi connectivity index (χ3n) is 4.52. The summed E-state index contributed by atoms with van der Waals surface area (Å²) in [5, 5.41) is 22.2. The Balaban J connectivity index is 1.55. The van der Waals surface area contributed by atoms with Crippen molar-refractivity contribution in [2.75, 3.05) is 24.0 Å². The van der Waals surface area contributed by atoms with E-state index in [9.17, 15) is 0 Å². The number of aliphatic hydroxyl groups excluding tert-OH is 1. The van der Waals surface area contributed by atoms with Gasteiger partial charge in [-0.3, -0.25) is 9.99 Å². The molecule has 3 aromatic rings. The van der Waals surface area contributed by atoms with Gasteiger partial charge in [0.1, 0.15) is 0 Å². The van der Waals surface area contributed by atoms with Crippen LogP contribution in [0.15, 0.2) is 95.5 Å². The van der Waals surface area contributed by atoms with Crippen LogP contribution in [-0.4, -0.2) is 23.7 Å². The van der Waals surface area contributed by atoms with E-state index in [4.69, 9.17) is 5.11 Å². The van der Waals surface area contributed by atoms with Crippen LogP contribution in [0.25, 0.3) is 12.2 Å². The molecule has 31 heavy (non-hydrogen) atoms. The molecule has 0 amide bonds. The van der Waals surface area contributed by atoms with Gasteiger partial charge < -0.3 is 10.4 Å². The first-order valence-electron chi connectivity index (χ1n) is 10.1. The second-order valence-electron chi connectivity index (χ2n) is 6.99. The summed E-state index contributed by atoms with van der Waals surface area (Å²) in [6.07, 6.45) is 7.10. The first-order chi connectivity index (χ1) is 15.1. The van der Waals surface area contributed by atoms with E-state index in [0.717, 1.165) is 28.3 Å². The molecule has 0 fully saturated rings. The van der Waals surface area contributed by atoms with Crippen molar-refractivity contribution in [3.05, 3.63) is 96.5 Å². The topological polar surface area (TPSA) is 73.1 Å². The van der Waals surface area contributed by atoms with Crippen molar-refractivity contribution in [2.45, 2.75) is 12.8 Å². The SMILES string of the molecule is C=C(CCCO)/N=N\N(C)c1ccc(Nc2ccc(/C=C/c3ccccn3)cc2)cc1. The van der Waals surface area contributed by atoms with Gasteiger partial charge in [0.05, 0.1) is 17.1 Å². The van der Waals surface area contributed by atoms with E-state index in [1.165, 1.54) is 0 Å². The largest absolute Gasteiger partial charge is 0.396 e. The highest BCUT2D eigenvalue weighted by Gasteiger charge is 2.01. The molecule has 0 aliphatic carbocycles. The minimum absolute atomic E-state index is 0.128. The van der Waals surface area contributed by atoms with E-state index in [-0.39, 0.29) is 6.61 Å². The lowest BCUT2D eigenvalue weighted by molar-refractivity contribution is 0.288. The zero-order valence-corrected chi connectivity index (χ0v) is 17.6. The molecular formula is C25H27N5O. The molecule has 0 saturated carbocycles. The fourth-order valence-electron chi connectivity index (χ4n) is 2.78. The molecule has 158 valence electrons. The van der Waals surface area contributed by atoms with E-state index in [1.807, 2.05) is 73.8 Å². The predicted molar refractivity (Wildman–Crippen MR) is 128 cm³/mol.